The van der Waals surface area contributed by atoms with Crippen molar-refractivity contribution >= 4 is 16.9 Å². The maximum Gasteiger partial charge on any atom is 0.133 e. The number of hydrogen-bond donors (Lipinski definition) is 1. The summed E-state index contributed by atoms with van der Waals surface area (Å²) in [6.45, 7) is 0.852. The first-order chi connectivity index (χ1) is 10.4. The first-order valence-electron chi connectivity index (χ1n) is 6.90. The Morgan fingerprint density at radius 3 is 2.62 bits per heavy atom. The number of nitrogens with one attached hydrogen (secondary N) is 1. The summed E-state index contributed by atoms with van der Waals surface area (Å²) in [5, 5.41) is 7.47. The lowest BCUT2D eigenvalue weighted by Crippen LogP contribution is -2.05. The number of rotatable bonds is 5. The zero-order valence-electron chi connectivity index (χ0n) is 11.9. The summed E-state index contributed by atoms with van der Waals surface area (Å²) in [7, 11) is 1.96. The third kappa shape index (κ3) is 3.15. The summed E-state index contributed by atoms with van der Waals surface area (Å²) in [6, 6.07) is 14.6. The van der Waals surface area contributed by atoms with Crippen molar-refractivity contribution < 1.29 is 4.42 Å². The molecule has 106 valence electrons. The second kappa shape index (κ2) is 6.57. The molecule has 2 heterocycles. The fourth-order valence-electron chi connectivity index (χ4n) is 2.28. The largest absolute Gasteiger partial charge is 0.464 e. The van der Waals surface area contributed by atoms with Crippen molar-refractivity contribution in [3.05, 3.63) is 76.7 Å². The topological polar surface area (TPSA) is 25.2 Å². The van der Waals surface area contributed by atoms with Crippen LogP contribution >= 0.6 is 11.3 Å². The van der Waals surface area contributed by atoms with Crippen LogP contribution in [0.1, 0.15) is 11.1 Å². The molecule has 2 nitrogen and oxygen atoms in total. The Hall–Kier alpha value is -2.10. The van der Waals surface area contributed by atoms with E-state index in [4.69, 9.17) is 4.42 Å². The fourth-order valence-corrected chi connectivity index (χ4v) is 2.94. The van der Waals surface area contributed by atoms with Crippen molar-refractivity contribution in [2.75, 3.05) is 13.6 Å². The molecule has 0 aliphatic carbocycles. The van der Waals surface area contributed by atoms with E-state index < -0.39 is 0 Å². The zero-order valence-corrected chi connectivity index (χ0v) is 12.7. The van der Waals surface area contributed by atoms with Crippen LogP contribution in [0.4, 0.5) is 0 Å². The van der Waals surface area contributed by atoms with E-state index in [2.05, 4.69) is 52.5 Å². The van der Waals surface area contributed by atoms with E-state index >= 15 is 0 Å². The average Bonchev–Trinajstić information content (AvgIpc) is 3.22. The number of benzene rings is 1. The summed E-state index contributed by atoms with van der Waals surface area (Å²) >= 11 is 1.72. The van der Waals surface area contributed by atoms with Gasteiger partial charge < -0.3 is 9.73 Å². The second-order valence-electron chi connectivity index (χ2n) is 4.74. The molecule has 0 aliphatic rings. The molecule has 0 spiro atoms. The lowest BCUT2D eigenvalue weighted by Gasteiger charge is -2.07. The molecular weight excluding hydrogens is 278 g/mol. The van der Waals surface area contributed by atoms with E-state index in [-0.39, 0.29) is 0 Å². The van der Waals surface area contributed by atoms with E-state index in [1.807, 2.05) is 19.2 Å². The van der Waals surface area contributed by atoms with Crippen molar-refractivity contribution in [1.82, 2.24) is 5.32 Å². The van der Waals surface area contributed by atoms with Crippen LogP contribution < -0.4 is 5.32 Å². The Labute approximate surface area is 128 Å². The number of likely N-dealkylation sites (N-methyl/N-ethyl adjacent to an activating group) is 1. The molecule has 0 saturated carbocycles. The van der Waals surface area contributed by atoms with Gasteiger partial charge in [0.25, 0.3) is 0 Å². The van der Waals surface area contributed by atoms with Crippen LogP contribution in [-0.2, 0) is 0 Å². The summed E-state index contributed by atoms with van der Waals surface area (Å²) in [6.07, 6.45) is 3.93. The molecule has 3 aromatic rings. The lowest BCUT2D eigenvalue weighted by atomic mass is 9.98. The molecule has 3 rings (SSSR count). The highest BCUT2D eigenvalue weighted by Gasteiger charge is 2.06. The van der Waals surface area contributed by atoms with Gasteiger partial charge in [0.2, 0.25) is 0 Å². The molecule has 0 amide bonds. The number of thiophene rings is 1. The van der Waals surface area contributed by atoms with Gasteiger partial charge in [0, 0.05) is 12.1 Å². The van der Waals surface area contributed by atoms with E-state index in [9.17, 15) is 0 Å². The molecule has 0 unspecified atom stereocenters. The molecule has 1 N–H and O–H groups in total. The molecule has 0 bridgehead atoms. The molecule has 0 fully saturated rings. The van der Waals surface area contributed by atoms with Crippen LogP contribution in [0, 0.1) is 0 Å². The molecular formula is C18H17NOS. The maximum atomic E-state index is 5.43. The maximum absolute atomic E-state index is 5.43. The van der Waals surface area contributed by atoms with Crippen molar-refractivity contribution in [1.29, 1.82) is 0 Å². The van der Waals surface area contributed by atoms with Crippen LogP contribution in [0.15, 0.2) is 70.0 Å². The fraction of sp³-hybridized carbons (Fsp3) is 0.111. The third-order valence-corrected chi connectivity index (χ3v) is 4.03. The summed E-state index contributed by atoms with van der Waals surface area (Å²) in [5.74, 6) is 0.901. The van der Waals surface area contributed by atoms with E-state index in [1.54, 1.807) is 17.6 Å². The minimum absolute atomic E-state index is 0.852. The van der Waals surface area contributed by atoms with Crippen molar-refractivity contribution in [3.63, 3.8) is 0 Å². The van der Waals surface area contributed by atoms with Gasteiger partial charge in [-0.1, -0.05) is 30.3 Å². The van der Waals surface area contributed by atoms with Crippen molar-refractivity contribution in [3.8, 4) is 11.3 Å². The minimum Gasteiger partial charge on any atom is -0.464 e. The van der Waals surface area contributed by atoms with Gasteiger partial charge in [-0.15, -0.1) is 0 Å². The number of furan rings is 1. The van der Waals surface area contributed by atoms with Gasteiger partial charge in [-0.2, -0.15) is 11.3 Å². The Bertz CT molecular complexity index is 694. The van der Waals surface area contributed by atoms with Gasteiger partial charge in [-0.05, 0) is 52.7 Å². The van der Waals surface area contributed by atoms with Gasteiger partial charge in [0.05, 0.1) is 6.26 Å². The van der Waals surface area contributed by atoms with Gasteiger partial charge in [0.1, 0.15) is 5.76 Å². The minimum atomic E-state index is 0.852. The first kappa shape index (κ1) is 13.9. The standard InChI is InChI=1S/C18H17NOS/c1-19-10-8-17(16-9-12-21-13-16)14-4-6-15(7-5-14)18-3-2-11-20-18/h2-9,11-13,19H,10H2,1H3/b17-8-. The Morgan fingerprint density at radius 1 is 1.14 bits per heavy atom. The Kier molecular flexibility index (Phi) is 4.34. The van der Waals surface area contributed by atoms with E-state index in [1.165, 1.54) is 16.7 Å². The summed E-state index contributed by atoms with van der Waals surface area (Å²) in [5.41, 5.74) is 4.85. The molecule has 1 aromatic carbocycles. The quantitative estimate of drug-likeness (QED) is 0.740. The first-order valence-corrected chi connectivity index (χ1v) is 7.84. The number of hydrogen-bond acceptors (Lipinski definition) is 3. The zero-order chi connectivity index (χ0) is 14.5. The normalized spacial score (nSPS) is 11.8. The summed E-state index contributed by atoms with van der Waals surface area (Å²) < 4.78 is 5.43. The molecule has 0 atom stereocenters. The molecule has 0 radical (unpaired) electrons. The van der Waals surface area contributed by atoms with Crippen LogP contribution in [0.5, 0.6) is 0 Å². The third-order valence-electron chi connectivity index (χ3n) is 3.34. The van der Waals surface area contributed by atoms with Crippen LogP contribution in [0.25, 0.3) is 16.9 Å². The lowest BCUT2D eigenvalue weighted by molar-refractivity contribution is 0.582. The molecule has 21 heavy (non-hydrogen) atoms. The van der Waals surface area contributed by atoms with Crippen molar-refractivity contribution in [2.24, 2.45) is 0 Å². The summed E-state index contributed by atoms with van der Waals surface area (Å²) in [4.78, 5) is 0. The van der Waals surface area contributed by atoms with E-state index in [0.717, 1.165) is 17.9 Å². The highest BCUT2D eigenvalue weighted by atomic mass is 32.1. The monoisotopic (exact) mass is 295 g/mol. The highest BCUT2D eigenvalue weighted by molar-refractivity contribution is 7.08. The van der Waals surface area contributed by atoms with Gasteiger partial charge in [-0.25, -0.2) is 0 Å². The van der Waals surface area contributed by atoms with Crippen LogP contribution in [0.3, 0.4) is 0 Å². The molecule has 0 aliphatic heterocycles. The van der Waals surface area contributed by atoms with Crippen LogP contribution in [-0.4, -0.2) is 13.6 Å². The SMILES string of the molecule is CNC/C=C(/c1ccc(-c2ccco2)cc1)c1ccsc1. The van der Waals surface area contributed by atoms with Gasteiger partial charge in [0.15, 0.2) is 0 Å². The molecule has 0 saturated heterocycles. The second-order valence-corrected chi connectivity index (χ2v) is 5.52. The smallest absolute Gasteiger partial charge is 0.133 e. The Balaban J connectivity index is 1.93. The highest BCUT2D eigenvalue weighted by Crippen LogP contribution is 2.27. The van der Waals surface area contributed by atoms with Crippen molar-refractivity contribution in [2.45, 2.75) is 0 Å². The predicted molar refractivity (Wildman–Crippen MR) is 89.5 cm³/mol. The Morgan fingerprint density at radius 2 is 2.00 bits per heavy atom. The molecule has 2 aromatic heterocycles. The predicted octanol–water partition coefficient (Wildman–Crippen LogP) is 4.66. The van der Waals surface area contributed by atoms with Gasteiger partial charge >= 0.3 is 0 Å². The van der Waals surface area contributed by atoms with Gasteiger partial charge in [-0.3, -0.25) is 0 Å². The molecule has 3 heteroatoms. The van der Waals surface area contributed by atoms with Crippen LogP contribution in [0.2, 0.25) is 0 Å². The van der Waals surface area contributed by atoms with E-state index in [0.29, 0.717) is 0 Å². The average molecular weight is 295 g/mol.